The van der Waals surface area contributed by atoms with Gasteiger partial charge in [0.25, 0.3) is 5.91 Å². The largest absolute Gasteiger partial charge is 0.497 e. The van der Waals surface area contributed by atoms with Crippen molar-refractivity contribution in [3.8, 4) is 5.75 Å². The number of amides is 1. The molecule has 4 rings (SSSR count). The van der Waals surface area contributed by atoms with E-state index in [1.807, 2.05) is 30.3 Å². The molecule has 1 aliphatic rings. The topological polar surface area (TPSA) is 79.7 Å². The van der Waals surface area contributed by atoms with Gasteiger partial charge in [0.2, 0.25) is 0 Å². The predicted octanol–water partition coefficient (Wildman–Crippen LogP) is 4.35. The normalized spacial score (nSPS) is 15.3. The maximum atomic E-state index is 12.9. The van der Waals surface area contributed by atoms with Crippen LogP contribution in [-0.4, -0.2) is 33.4 Å². The maximum absolute atomic E-state index is 12.9. The number of carbonyl (C=O) groups excluding carboxylic acids is 1. The van der Waals surface area contributed by atoms with Crippen LogP contribution in [0.25, 0.3) is 17.0 Å². The maximum Gasteiger partial charge on any atom is 0.335 e. The molecule has 0 aliphatic carbocycles. The monoisotopic (exact) mass is 422 g/mol. The Kier molecular flexibility index (Phi) is 5.04. The lowest BCUT2D eigenvalue weighted by molar-refractivity contribution is -0.113. The number of aromatic carboxylic acids is 1. The van der Waals surface area contributed by atoms with Crippen molar-refractivity contribution in [2.45, 2.75) is 0 Å². The number of methoxy groups -OCH3 is 1. The number of thiocarbonyl (C=S) groups is 1. The highest BCUT2D eigenvalue weighted by atomic mass is 32.2. The SMILES string of the molecule is COc1ccc2nc(/C=C3/SC(=S)N(c4ccc(C(=O)O)cc4)C3=O)ccc2c1. The second-order valence-electron chi connectivity index (χ2n) is 6.16. The second kappa shape index (κ2) is 7.65. The highest BCUT2D eigenvalue weighted by Gasteiger charge is 2.33. The summed E-state index contributed by atoms with van der Waals surface area (Å²) in [6, 6.07) is 15.4. The number of hydrogen-bond donors (Lipinski definition) is 1. The lowest BCUT2D eigenvalue weighted by Crippen LogP contribution is -2.27. The zero-order valence-electron chi connectivity index (χ0n) is 15.2. The van der Waals surface area contributed by atoms with Gasteiger partial charge in [-0.25, -0.2) is 9.78 Å². The molecule has 0 unspecified atom stereocenters. The van der Waals surface area contributed by atoms with E-state index in [4.69, 9.17) is 22.1 Å². The molecule has 1 saturated heterocycles. The Balaban J connectivity index is 1.63. The predicted molar refractivity (Wildman–Crippen MR) is 117 cm³/mol. The Bertz CT molecular complexity index is 1190. The summed E-state index contributed by atoms with van der Waals surface area (Å²) >= 11 is 6.54. The van der Waals surface area contributed by atoms with Crippen LogP contribution in [0.5, 0.6) is 5.75 Å². The molecule has 1 fully saturated rings. The molecule has 1 aromatic heterocycles. The number of nitrogens with zero attached hydrogens (tertiary/aromatic N) is 2. The van der Waals surface area contributed by atoms with Gasteiger partial charge in [-0.15, -0.1) is 0 Å². The van der Waals surface area contributed by atoms with Gasteiger partial charge in [0.1, 0.15) is 5.75 Å². The first kappa shape index (κ1) is 19.1. The molecule has 6 nitrogen and oxygen atoms in total. The molecule has 0 spiro atoms. The average Bonchev–Trinajstić information content (AvgIpc) is 3.00. The summed E-state index contributed by atoms with van der Waals surface area (Å²) in [7, 11) is 1.61. The van der Waals surface area contributed by atoms with Gasteiger partial charge in [0, 0.05) is 5.39 Å². The second-order valence-corrected chi connectivity index (χ2v) is 7.84. The van der Waals surface area contributed by atoms with Gasteiger partial charge >= 0.3 is 5.97 Å². The Labute approximate surface area is 175 Å². The summed E-state index contributed by atoms with van der Waals surface area (Å²) in [4.78, 5) is 30.3. The molecule has 8 heteroatoms. The third-order valence-corrected chi connectivity index (χ3v) is 5.67. The molecule has 1 amide bonds. The quantitative estimate of drug-likeness (QED) is 0.495. The van der Waals surface area contributed by atoms with E-state index in [0.29, 0.717) is 20.6 Å². The minimum absolute atomic E-state index is 0.145. The first-order valence-electron chi connectivity index (χ1n) is 8.52. The molecule has 3 aromatic rings. The summed E-state index contributed by atoms with van der Waals surface area (Å²) in [5, 5.41) is 9.96. The molecule has 1 N–H and O–H groups in total. The number of pyridine rings is 1. The summed E-state index contributed by atoms with van der Waals surface area (Å²) in [5.74, 6) is -0.539. The minimum Gasteiger partial charge on any atom is -0.497 e. The van der Waals surface area contributed by atoms with Gasteiger partial charge in [0.15, 0.2) is 4.32 Å². The van der Waals surface area contributed by atoms with Gasteiger partial charge in [-0.05, 0) is 54.6 Å². The first-order chi connectivity index (χ1) is 14.0. The number of aromatic nitrogens is 1. The molecule has 0 radical (unpaired) electrons. The van der Waals surface area contributed by atoms with Crippen molar-refractivity contribution in [2.24, 2.45) is 0 Å². The molecular formula is C21H14N2O4S2. The number of ether oxygens (including phenoxy) is 1. The number of thioether (sulfide) groups is 1. The molecule has 0 saturated carbocycles. The van der Waals surface area contributed by atoms with Gasteiger partial charge in [-0.1, -0.05) is 30.0 Å². The summed E-state index contributed by atoms with van der Waals surface area (Å²) in [6.45, 7) is 0. The van der Waals surface area contributed by atoms with E-state index >= 15 is 0 Å². The van der Waals surface area contributed by atoms with Crippen LogP contribution in [0.1, 0.15) is 16.1 Å². The standard InChI is InChI=1S/C21H14N2O4S2/c1-27-16-8-9-17-13(10-16)2-5-14(22-17)11-18-19(24)23(21(28)29-18)15-6-3-12(4-7-15)20(25)26/h2-11H,1H3,(H,25,26)/b18-11+. The highest BCUT2D eigenvalue weighted by Crippen LogP contribution is 2.36. The Morgan fingerprint density at radius 3 is 2.62 bits per heavy atom. The van der Waals surface area contributed by atoms with E-state index in [1.165, 1.54) is 28.8 Å². The van der Waals surface area contributed by atoms with Crippen molar-refractivity contribution in [1.82, 2.24) is 4.98 Å². The Morgan fingerprint density at radius 1 is 1.17 bits per heavy atom. The Hall–Kier alpha value is -3.23. The smallest absolute Gasteiger partial charge is 0.335 e. The fraction of sp³-hybridized carbons (Fsp3) is 0.0476. The van der Waals surface area contributed by atoms with Gasteiger partial charge in [-0.2, -0.15) is 0 Å². The van der Waals surface area contributed by atoms with E-state index in [-0.39, 0.29) is 11.5 Å². The van der Waals surface area contributed by atoms with E-state index in [1.54, 1.807) is 25.3 Å². The molecule has 29 heavy (non-hydrogen) atoms. The molecule has 1 aliphatic heterocycles. The Morgan fingerprint density at radius 2 is 1.93 bits per heavy atom. The molecule has 2 aromatic carbocycles. The van der Waals surface area contributed by atoms with Gasteiger partial charge < -0.3 is 9.84 Å². The fourth-order valence-corrected chi connectivity index (χ4v) is 4.19. The number of hydrogen-bond acceptors (Lipinski definition) is 6. The number of anilines is 1. The van der Waals surface area contributed by atoms with E-state index < -0.39 is 5.97 Å². The molecule has 2 heterocycles. The molecular weight excluding hydrogens is 408 g/mol. The van der Waals surface area contributed by atoms with Crippen molar-refractivity contribution in [2.75, 3.05) is 12.0 Å². The minimum atomic E-state index is -1.03. The van der Waals surface area contributed by atoms with Gasteiger partial charge in [0.05, 0.1) is 34.5 Å². The van der Waals surface area contributed by atoms with Crippen molar-refractivity contribution >= 4 is 62.8 Å². The number of carboxylic acids is 1. The van der Waals surface area contributed by atoms with Crippen LogP contribution >= 0.6 is 24.0 Å². The number of carboxylic acid groups (broad SMARTS) is 1. The van der Waals surface area contributed by atoms with Crippen LogP contribution in [0.3, 0.4) is 0 Å². The van der Waals surface area contributed by atoms with E-state index in [2.05, 4.69) is 4.98 Å². The fourth-order valence-electron chi connectivity index (χ4n) is 2.90. The van der Waals surface area contributed by atoms with Crippen molar-refractivity contribution in [3.63, 3.8) is 0 Å². The van der Waals surface area contributed by atoms with Crippen LogP contribution in [0, 0.1) is 0 Å². The van der Waals surface area contributed by atoms with Gasteiger partial charge in [-0.3, -0.25) is 9.69 Å². The van der Waals surface area contributed by atoms with Crippen LogP contribution in [0.4, 0.5) is 5.69 Å². The lowest BCUT2D eigenvalue weighted by atomic mass is 10.2. The molecule has 0 bridgehead atoms. The van der Waals surface area contributed by atoms with Crippen LogP contribution in [0.15, 0.2) is 59.5 Å². The van der Waals surface area contributed by atoms with E-state index in [9.17, 15) is 9.59 Å². The summed E-state index contributed by atoms with van der Waals surface area (Å²) in [5.41, 5.74) is 2.11. The summed E-state index contributed by atoms with van der Waals surface area (Å²) < 4.78 is 5.60. The number of carbonyl (C=O) groups is 2. The van der Waals surface area contributed by atoms with Crippen LogP contribution in [0.2, 0.25) is 0 Å². The number of rotatable bonds is 4. The lowest BCUT2D eigenvalue weighted by Gasteiger charge is -2.14. The third kappa shape index (κ3) is 3.72. The van der Waals surface area contributed by atoms with Crippen molar-refractivity contribution in [1.29, 1.82) is 0 Å². The number of benzene rings is 2. The molecule has 0 atom stereocenters. The van der Waals surface area contributed by atoms with E-state index in [0.717, 1.165) is 16.7 Å². The zero-order valence-corrected chi connectivity index (χ0v) is 16.8. The number of fused-ring (bicyclic) bond motifs is 1. The summed E-state index contributed by atoms with van der Waals surface area (Å²) in [6.07, 6.45) is 1.70. The average molecular weight is 422 g/mol. The van der Waals surface area contributed by atoms with Crippen molar-refractivity contribution < 1.29 is 19.4 Å². The molecule has 144 valence electrons. The third-order valence-electron chi connectivity index (χ3n) is 4.36. The zero-order chi connectivity index (χ0) is 20.5. The first-order valence-corrected chi connectivity index (χ1v) is 9.75. The highest BCUT2D eigenvalue weighted by molar-refractivity contribution is 8.27. The van der Waals surface area contributed by atoms with Crippen LogP contribution in [-0.2, 0) is 4.79 Å². The van der Waals surface area contributed by atoms with Crippen molar-refractivity contribution in [3.05, 3.63) is 70.8 Å². The van der Waals surface area contributed by atoms with Crippen LogP contribution < -0.4 is 9.64 Å².